The first-order valence-corrected chi connectivity index (χ1v) is 8.15. The fourth-order valence-corrected chi connectivity index (χ4v) is 2.33. The van der Waals surface area contributed by atoms with Crippen LogP contribution in [0.3, 0.4) is 0 Å². The van der Waals surface area contributed by atoms with Gasteiger partial charge in [0, 0.05) is 5.39 Å². The molecule has 0 aliphatic rings. The first kappa shape index (κ1) is 16.2. The van der Waals surface area contributed by atoms with Crippen LogP contribution in [0, 0.1) is 6.92 Å². The van der Waals surface area contributed by atoms with Crippen LogP contribution < -0.4 is 5.63 Å². The van der Waals surface area contributed by atoms with E-state index in [-0.39, 0.29) is 17.9 Å². The smallest absolute Gasteiger partial charge is 0.345 e. The maximum absolute atomic E-state index is 12.1. The molecule has 0 aliphatic carbocycles. The average Bonchev–Trinajstić information content (AvgIpc) is 2.43. The third-order valence-electron chi connectivity index (χ3n) is 3.09. The Hall–Kier alpha value is -2.19. The van der Waals surface area contributed by atoms with Gasteiger partial charge in [0.25, 0.3) is 0 Å². The van der Waals surface area contributed by atoms with E-state index in [1.54, 1.807) is 25.1 Å². The minimum atomic E-state index is -3.75. The molecule has 2 aromatic rings. The van der Waals surface area contributed by atoms with Crippen LogP contribution in [-0.2, 0) is 21.0 Å². The van der Waals surface area contributed by atoms with Crippen molar-refractivity contribution < 1.29 is 22.2 Å². The van der Waals surface area contributed by atoms with E-state index in [9.17, 15) is 13.2 Å². The van der Waals surface area contributed by atoms with Crippen molar-refractivity contribution in [2.45, 2.75) is 20.5 Å². The zero-order valence-electron chi connectivity index (χ0n) is 12.3. The maximum atomic E-state index is 12.1. The number of rotatable bonds is 4. The first-order chi connectivity index (χ1) is 10.2. The number of aliphatic hydroxyl groups is 1. The quantitative estimate of drug-likeness (QED) is 0.516. The van der Waals surface area contributed by atoms with Crippen molar-refractivity contribution >= 4 is 26.8 Å². The number of nitrogens with zero attached hydrogens (tertiary/aromatic N) is 1. The van der Waals surface area contributed by atoms with E-state index in [4.69, 9.17) is 9.52 Å². The van der Waals surface area contributed by atoms with Crippen molar-refractivity contribution in [1.29, 1.82) is 0 Å². The minimum Gasteiger partial charge on any atom is -0.422 e. The summed E-state index contributed by atoms with van der Waals surface area (Å²) < 4.78 is 31.5. The molecule has 0 aliphatic heterocycles. The van der Waals surface area contributed by atoms with Gasteiger partial charge in [0.05, 0.1) is 24.1 Å². The summed E-state index contributed by atoms with van der Waals surface area (Å²) in [6.07, 6.45) is 0.857. The summed E-state index contributed by atoms with van der Waals surface area (Å²) in [5.74, 6) is 0. The highest BCUT2D eigenvalue weighted by atomic mass is 32.2. The Morgan fingerprint density at radius 1 is 1.41 bits per heavy atom. The molecule has 118 valence electrons. The van der Waals surface area contributed by atoms with Crippen LogP contribution in [0.5, 0.6) is 0 Å². The molecule has 1 heterocycles. The van der Waals surface area contributed by atoms with E-state index in [2.05, 4.69) is 9.44 Å². The highest BCUT2D eigenvalue weighted by Gasteiger charge is 2.15. The van der Waals surface area contributed by atoms with Crippen molar-refractivity contribution in [2.24, 2.45) is 5.16 Å². The van der Waals surface area contributed by atoms with E-state index in [0.29, 0.717) is 22.1 Å². The molecule has 0 saturated carbocycles. The molecular weight excluding hydrogens is 310 g/mol. The lowest BCUT2D eigenvalue weighted by Gasteiger charge is -2.08. The van der Waals surface area contributed by atoms with E-state index in [0.717, 1.165) is 6.26 Å². The number of aryl methyl sites for hydroxylation is 1. The molecule has 1 aromatic heterocycles. The Kier molecular flexibility index (Phi) is 4.34. The summed E-state index contributed by atoms with van der Waals surface area (Å²) in [5.41, 5.74) is 1.15. The van der Waals surface area contributed by atoms with Crippen LogP contribution in [0.15, 0.2) is 32.6 Å². The lowest BCUT2D eigenvalue weighted by atomic mass is 10.0. The summed E-state index contributed by atoms with van der Waals surface area (Å²) >= 11 is 0. The van der Waals surface area contributed by atoms with E-state index in [1.165, 1.54) is 6.92 Å². The largest absolute Gasteiger partial charge is 0.422 e. The van der Waals surface area contributed by atoms with Crippen LogP contribution in [0.4, 0.5) is 0 Å². The molecule has 0 fully saturated rings. The molecule has 0 unspecified atom stereocenters. The summed E-state index contributed by atoms with van der Waals surface area (Å²) in [7, 11) is -3.75. The molecule has 0 spiro atoms. The first-order valence-electron chi connectivity index (χ1n) is 6.33. The molecule has 0 saturated heterocycles. The zero-order valence-corrected chi connectivity index (χ0v) is 13.1. The standard InChI is InChI=1S/C14H15NO6S/c1-8-11-5-4-10(7-16)6-12(11)20-14(17)13(8)9(2)15-21-22(3,18)19/h4-6,16H,7H2,1-3H3/b15-9+. The highest BCUT2D eigenvalue weighted by molar-refractivity contribution is 7.85. The number of benzene rings is 1. The lowest BCUT2D eigenvalue weighted by Crippen LogP contribution is -2.16. The van der Waals surface area contributed by atoms with E-state index < -0.39 is 15.7 Å². The van der Waals surface area contributed by atoms with Gasteiger partial charge in [-0.15, -0.1) is 0 Å². The SMILES string of the molecule is C/C(=N\OS(C)(=O)=O)c1c(C)c2ccc(CO)cc2oc1=O. The summed E-state index contributed by atoms with van der Waals surface area (Å²) in [4.78, 5) is 12.1. The van der Waals surface area contributed by atoms with Crippen molar-refractivity contribution in [3.63, 3.8) is 0 Å². The van der Waals surface area contributed by atoms with Crippen molar-refractivity contribution in [1.82, 2.24) is 0 Å². The summed E-state index contributed by atoms with van der Waals surface area (Å²) in [6.45, 7) is 2.99. The number of hydrogen-bond donors (Lipinski definition) is 1. The second kappa shape index (κ2) is 5.90. The molecule has 0 amide bonds. The zero-order chi connectivity index (χ0) is 16.5. The Bertz CT molecular complexity index is 911. The van der Waals surface area contributed by atoms with Crippen molar-refractivity contribution in [3.8, 4) is 0 Å². The van der Waals surface area contributed by atoms with Gasteiger partial charge in [-0.2, -0.15) is 8.42 Å². The van der Waals surface area contributed by atoms with Gasteiger partial charge < -0.3 is 9.52 Å². The van der Waals surface area contributed by atoms with E-state index >= 15 is 0 Å². The second-order valence-electron chi connectivity index (χ2n) is 4.83. The van der Waals surface area contributed by atoms with E-state index in [1.807, 2.05) is 0 Å². The van der Waals surface area contributed by atoms with Crippen LogP contribution in [-0.4, -0.2) is 25.5 Å². The van der Waals surface area contributed by atoms with Crippen LogP contribution in [0.25, 0.3) is 11.0 Å². The fraction of sp³-hybridized carbons (Fsp3) is 0.286. The minimum absolute atomic E-state index is 0.102. The molecule has 0 radical (unpaired) electrons. The number of fused-ring (bicyclic) bond motifs is 1. The number of oxime groups is 1. The van der Waals surface area contributed by atoms with Crippen LogP contribution >= 0.6 is 0 Å². The molecule has 2 rings (SSSR count). The predicted molar refractivity (Wildman–Crippen MR) is 81.3 cm³/mol. The van der Waals surface area contributed by atoms with Gasteiger partial charge in [-0.05, 0) is 31.0 Å². The topological polar surface area (TPSA) is 106 Å². The molecule has 8 heteroatoms. The van der Waals surface area contributed by atoms with Crippen LogP contribution in [0.2, 0.25) is 0 Å². The Balaban J connectivity index is 2.63. The second-order valence-corrected chi connectivity index (χ2v) is 6.39. The van der Waals surface area contributed by atoms with Gasteiger partial charge >= 0.3 is 15.7 Å². The van der Waals surface area contributed by atoms with Gasteiger partial charge in [0.2, 0.25) is 0 Å². The number of hydrogen-bond acceptors (Lipinski definition) is 7. The van der Waals surface area contributed by atoms with Crippen molar-refractivity contribution in [2.75, 3.05) is 6.26 Å². The molecule has 7 nitrogen and oxygen atoms in total. The summed E-state index contributed by atoms with van der Waals surface area (Å²) in [5, 5.41) is 13.2. The monoisotopic (exact) mass is 325 g/mol. The molecule has 22 heavy (non-hydrogen) atoms. The fourth-order valence-electron chi connectivity index (χ4n) is 2.09. The van der Waals surface area contributed by atoms with Gasteiger partial charge in [-0.25, -0.2) is 4.79 Å². The predicted octanol–water partition coefficient (Wildman–Crippen LogP) is 1.29. The molecular formula is C14H15NO6S. The van der Waals surface area contributed by atoms with Gasteiger partial charge in [-0.3, -0.25) is 4.28 Å². The van der Waals surface area contributed by atoms with Gasteiger partial charge in [-0.1, -0.05) is 17.3 Å². The average molecular weight is 325 g/mol. The maximum Gasteiger partial charge on any atom is 0.345 e. The molecule has 1 N–H and O–H groups in total. The van der Waals surface area contributed by atoms with Crippen molar-refractivity contribution in [3.05, 3.63) is 45.3 Å². The molecule has 1 aromatic carbocycles. The van der Waals surface area contributed by atoms with Gasteiger partial charge in [0.1, 0.15) is 5.58 Å². The Labute approximate surface area is 126 Å². The third kappa shape index (κ3) is 3.34. The molecule has 0 bridgehead atoms. The van der Waals surface area contributed by atoms with Crippen LogP contribution in [0.1, 0.15) is 23.6 Å². The number of aliphatic hydroxyl groups excluding tert-OH is 1. The summed E-state index contributed by atoms with van der Waals surface area (Å²) in [6, 6.07) is 5.00. The Morgan fingerprint density at radius 3 is 2.68 bits per heavy atom. The van der Waals surface area contributed by atoms with Gasteiger partial charge in [0.15, 0.2) is 0 Å². The lowest BCUT2D eigenvalue weighted by molar-refractivity contribution is 0.282. The third-order valence-corrected chi connectivity index (χ3v) is 3.43. The Morgan fingerprint density at radius 2 is 2.09 bits per heavy atom. The normalized spacial score (nSPS) is 12.6. The molecule has 0 atom stereocenters. The highest BCUT2D eigenvalue weighted by Crippen LogP contribution is 2.21.